The van der Waals surface area contributed by atoms with Gasteiger partial charge in [-0.2, -0.15) is 0 Å². The van der Waals surface area contributed by atoms with Crippen LogP contribution in [0.2, 0.25) is 0 Å². The minimum absolute atomic E-state index is 0.116. The predicted molar refractivity (Wildman–Crippen MR) is 97.9 cm³/mol. The molecule has 0 bridgehead atoms. The normalized spacial score (nSPS) is 11.1. The molecule has 0 saturated heterocycles. The third kappa shape index (κ3) is 5.31. The SMILES string of the molecule is CN=C(NCc1cccc(C(=O)NC)c1)N(C)Cc1cccc(F)c1. The third-order valence-corrected chi connectivity index (χ3v) is 3.75. The van der Waals surface area contributed by atoms with Gasteiger partial charge < -0.3 is 15.5 Å². The molecule has 0 radical (unpaired) electrons. The Morgan fingerprint density at radius 3 is 2.56 bits per heavy atom. The zero-order valence-electron chi connectivity index (χ0n) is 14.7. The fraction of sp³-hybridized carbons (Fsp3) is 0.263. The molecule has 0 fully saturated rings. The van der Waals surface area contributed by atoms with Gasteiger partial charge in [0.15, 0.2) is 5.96 Å². The molecule has 132 valence electrons. The number of aliphatic imine (C=N–C) groups is 1. The lowest BCUT2D eigenvalue weighted by Gasteiger charge is -2.22. The predicted octanol–water partition coefficient (Wildman–Crippen LogP) is 2.39. The van der Waals surface area contributed by atoms with Gasteiger partial charge in [-0.1, -0.05) is 24.3 Å². The van der Waals surface area contributed by atoms with Crippen LogP contribution in [0.1, 0.15) is 21.5 Å². The Morgan fingerprint density at radius 1 is 1.16 bits per heavy atom. The zero-order chi connectivity index (χ0) is 18.2. The summed E-state index contributed by atoms with van der Waals surface area (Å²) in [5, 5.41) is 5.87. The third-order valence-electron chi connectivity index (χ3n) is 3.75. The first-order chi connectivity index (χ1) is 12.0. The molecular weight excluding hydrogens is 319 g/mol. The van der Waals surface area contributed by atoms with Gasteiger partial charge in [0, 0.05) is 39.8 Å². The molecule has 0 unspecified atom stereocenters. The summed E-state index contributed by atoms with van der Waals surface area (Å²) in [4.78, 5) is 17.9. The number of halogens is 1. The molecule has 25 heavy (non-hydrogen) atoms. The molecular formula is C19H23FN4O. The van der Waals surface area contributed by atoms with Crippen molar-refractivity contribution in [3.8, 4) is 0 Å². The van der Waals surface area contributed by atoms with Gasteiger partial charge >= 0.3 is 0 Å². The van der Waals surface area contributed by atoms with Crippen LogP contribution >= 0.6 is 0 Å². The van der Waals surface area contributed by atoms with Crippen LogP contribution in [0.25, 0.3) is 0 Å². The maximum atomic E-state index is 13.3. The van der Waals surface area contributed by atoms with Crippen molar-refractivity contribution in [1.29, 1.82) is 0 Å². The van der Waals surface area contributed by atoms with Crippen molar-refractivity contribution in [3.63, 3.8) is 0 Å². The molecule has 0 aromatic heterocycles. The van der Waals surface area contributed by atoms with Gasteiger partial charge in [0.2, 0.25) is 0 Å². The van der Waals surface area contributed by atoms with Crippen molar-refractivity contribution in [3.05, 3.63) is 71.0 Å². The minimum Gasteiger partial charge on any atom is -0.355 e. The lowest BCUT2D eigenvalue weighted by atomic mass is 10.1. The number of hydrogen-bond acceptors (Lipinski definition) is 2. The summed E-state index contributed by atoms with van der Waals surface area (Å²) in [7, 11) is 5.20. The van der Waals surface area contributed by atoms with Crippen molar-refractivity contribution in [1.82, 2.24) is 15.5 Å². The van der Waals surface area contributed by atoms with E-state index in [1.54, 1.807) is 26.2 Å². The Morgan fingerprint density at radius 2 is 1.88 bits per heavy atom. The number of guanidine groups is 1. The van der Waals surface area contributed by atoms with E-state index in [2.05, 4.69) is 15.6 Å². The number of rotatable bonds is 5. The smallest absolute Gasteiger partial charge is 0.251 e. The van der Waals surface area contributed by atoms with E-state index < -0.39 is 0 Å². The first kappa shape index (κ1) is 18.4. The molecule has 2 N–H and O–H groups in total. The highest BCUT2D eigenvalue weighted by Gasteiger charge is 2.08. The number of carbonyl (C=O) groups excluding carboxylic acids is 1. The van der Waals surface area contributed by atoms with E-state index in [-0.39, 0.29) is 11.7 Å². The number of carbonyl (C=O) groups is 1. The van der Waals surface area contributed by atoms with Crippen LogP contribution in [0.15, 0.2) is 53.5 Å². The van der Waals surface area contributed by atoms with Gasteiger partial charge in [-0.05, 0) is 35.4 Å². The molecule has 0 aliphatic rings. The fourth-order valence-electron chi connectivity index (χ4n) is 2.52. The number of hydrogen-bond donors (Lipinski definition) is 2. The lowest BCUT2D eigenvalue weighted by Crippen LogP contribution is -2.38. The lowest BCUT2D eigenvalue weighted by molar-refractivity contribution is 0.0963. The fourth-order valence-corrected chi connectivity index (χ4v) is 2.52. The second kappa shape index (κ2) is 8.82. The van der Waals surface area contributed by atoms with E-state index in [1.165, 1.54) is 12.1 Å². The highest BCUT2D eigenvalue weighted by Crippen LogP contribution is 2.08. The van der Waals surface area contributed by atoms with Gasteiger partial charge in [-0.15, -0.1) is 0 Å². The molecule has 0 spiro atoms. The summed E-state index contributed by atoms with van der Waals surface area (Å²) in [6.45, 7) is 1.07. The molecule has 0 saturated carbocycles. The van der Waals surface area contributed by atoms with E-state index in [0.29, 0.717) is 24.6 Å². The largest absolute Gasteiger partial charge is 0.355 e. The van der Waals surface area contributed by atoms with Gasteiger partial charge in [0.25, 0.3) is 5.91 Å². The average Bonchev–Trinajstić information content (AvgIpc) is 2.61. The van der Waals surface area contributed by atoms with Gasteiger partial charge in [-0.25, -0.2) is 4.39 Å². The van der Waals surface area contributed by atoms with Gasteiger partial charge in [0.1, 0.15) is 5.82 Å². The summed E-state index contributed by atoms with van der Waals surface area (Å²) in [6.07, 6.45) is 0. The highest BCUT2D eigenvalue weighted by atomic mass is 19.1. The summed E-state index contributed by atoms with van der Waals surface area (Å²) in [6, 6.07) is 13.9. The van der Waals surface area contributed by atoms with E-state index >= 15 is 0 Å². The van der Waals surface area contributed by atoms with Crippen LogP contribution in [0.5, 0.6) is 0 Å². The monoisotopic (exact) mass is 342 g/mol. The number of amides is 1. The van der Waals surface area contributed by atoms with Crippen LogP contribution in [0.3, 0.4) is 0 Å². The van der Waals surface area contributed by atoms with Crippen molar-refractivity contribution < 1.29 is 9.18 Å². The van der Waals surface area contributed by atoms with Crippen LogP contribution in [0, 0.1) is 5.82 Å². The van der Waals surface area contributed by atoms with Crippen LogP contribution in [-0.2, 0) is 13.1 Å². The first-order valence-electron chi connectivity index (χ1n) is 8.00. The Balaban J connectivity index is 1.99. The molecule has 1 amide bonds. The van der Waals surface area contributed by atoms with Crippen molar-refractivity contribution in [2.24, 2.45) is 4.99 Å². The Kier molecular flexibility index (Phi) is 6.51. The summed E-state index contributed by atoms with van der Waals surface area (Å²) < 4.78 is 13.3. The van der Waals surface area contributed by atoms with Crippen molar-refractivity contribution in [2.45, 2.75) is 13.1 Å². The van der Waals surface area contributed by atoms with Crippen LogP contribution in [-0.4, -0.2) is 37.9 Å². The molecule has 5 nitrogen and oxygen atoms in total. The highest BCUT2D eigenvalue weighted by molar-refractivity contribution is 5.94. The Bertz CT molecular complexity index is 761. The number of nitrogens with zero attached hydrogens (tertiary/aromatic N) is 2. The van der Waals surface area contributed by atoms with Crippen molar-refractivity contribution in [2.75, 3.05) is 21.1 Å². The molecule has 0 aliphatic heterocycles. The summed E-state index contributed by atoms with van der Waals surface area (Å²) in [5.41, 5.74) is 2.46. The quantitative estimate of drug-likeness (QED) is 0.648. The van der Waals surface area contributed by atoms with Crippen molar-refractivity contribution >= 4 is 11.9 Å². The summed E-state index contributed by atoms with van der Waals surface area (Å²) in [5.74, 6) is 0.323. The maximum absolute atomic E-state index is 13.3. The van der Waals surface area contributed by atoms with E-state index in [1.807, 2.05) is 36.2 Å². The molecule has 0 aliphatic carbocycles. The molecule has 2 rings (SSSR count). The van der Waals surface area contributed by atoms with Gasteiger partial charge in [-0.3, -0.25) is 9.79 Å². The average molecular weight is 342 g/mol. The second-order valence-electron chi connectivity index (χ2n) is 5.67. The number of nitrogens with one attached hydrogen (secondary N) is 2. The zero-order valence-corrected chi connectivity index (χ0v) is 14.7. The number of benzene rings is 2. The molecule has 2 aromatic rings. The van der Waals surface area contributed by atoms with Gasteiger partial charge in [0.05, 0.1) is 0 Å². The first-order valence-corrected chi connectivity index (χ1v) is 8.00. The van der Waals surface area contributed by atoms with E-state index in [4.69, 9.17) is 0 Å². The molecule has 0 atom stereocenters. The molecule has 6 heteroatoms. The molecule has 0 heterocycles. The minimum atomic E-state index is -0.250. The summed E-state index contributed by atoms with van der Waals surface area (Å²) >= 11 is 0. The standard InChI is InChI=1S/C19H23FN4O/c1-21-18(25)16-8-4-6-14(10-16)12-23-19(22-2)24(3)13-15-7-5-9-17(20)11-15/h4-11H,12-13H2,1-3H3,(H,21,25)(H,22,23). The van der Waals surface area contributed by atoms with Crippen LogP contribution in [0.4, 0.5) is 4.39 Å². The maximum Gasteiger partial charge on any atom is 0.251 e. The Labute approximate surface area is 147 Å². The second-order valence-corrected chi connectivity index (χ2v) is 5.67. The van der Waals surface area contributed by atoms with E-state index in [0.717, 1.165) is 11.1 Å². The van der Waals surface area contributed by atoms with Crippen LogP contribution < -0.4 is 10.6 Å². The topological polar surface area (TPSA) is 56.7 Å². The Hall–Kier alpha value is -2.89. The van der Waals surface area contributed by atoms with E-state index in [9.17, 15) is 9.18 Å². The molecule has 2 aromatic carbocycles.